The Bertz CT molecular complexity index is 852. The molecule has 1 N–H and O–H groups in total. The zero-order chi connectivity index (χ0) is 17.4. The third-order valence-corrected chi connectivity index (χ3v) is 4.43. The van der Waals surface area contributed by atoms with E-state index in [0.29, 0.717) is 24.3 Å². The fourth-order valence-corrected chi connectivity index (χ4v) is 3.06. The van der Waals surface area contributed by atoms with Crippen molar-refractivity contribution in [1.29, 1.82) is 0 Å². The van der Waals surface area contributed by atoms with E-state index in [-0.39, 0.29) is 0 Å². The standard InChI is InChI=1S/C13H7ClF5NO2S/c14-10-3-2-8(6-9(10)13(17,18)19)20-23(21,22)12-5-7(15)1-4-11(12)16/h1-6,20H. The van der Waals surface area contributed by atoms with E-state index in [4.69, 9.17) is 11.6 Å². The van der Waals surface area contributed by atoms with Gasteiger partial charge in [0, 0.05) is 5.69 Å². The van der Waals surface area contributed by atoms with Crippen LogP contribution in [0.2, 0.25) is 5.02 Å². The highest BCUT2D eigenvalue weighted by molar-refractivity contribution is 7.92. The third kappa shape index (κ3) is 3.91. The maximum Gasteiger partial charge on any atom is 0.417 e. The minimum atomic E-state index is -4.80. The normalized spacial score (nSPS) is 12.3. The van der Waals surface area contributed by atoms with Gasteiger partial charge in [0.05, 0.1) is 10.6 Å². The van der Waals surface area contributed by atoms with Gasteiger partial charge >= 0.3 is 6.18 Å². The highest BCUT2D eigenvalue weighted by atomic mass is 35.5. The number of hydrogen-bond donors (Lipinski definition) is 1. The molecule has 0 heterocycles. The van der Waals surface area contributed by atoms with Crippen molar-refractivity contribution in [2.45, 2.75) is 11.1 Å². The van der Waals surface area contributed by atoms with E-state index in [1.807, 2.05) is 0 Å². The maximum atomic E-state index is 13.5. The summed E-state index contributed by atoms with van der Waals surface area (Å²) in [6.45, 7) is 0. The molecule has 3 nitrogen and oxygen atoms in total. The van der Waals surface area contributed by atoms with Crippen molar-refractivity contribution >= 4 is 27.3 Å². The number of hydrogen-bond acceptors (Lipinski definition) is 2. The zero-order valence-electron chi connectivity index (χ0n) is 11.0. The summed E-state index contributed by atoms with van der Waals surface area (Å²) < 4.78 is 90.5. The molecular weight excluding hydrogens is 365 g/mol. The summed E-state index contributed by atoms with van der Waals surface area (Å²) in [6.07, 6.45) is -4.80. The SMILES string of the molecule is O=S(=O)(Nc1ccc(Cl)c(C(F)(F)F)c1)c1cc(F)ccc1F. The topological polar surface area (TPSA) is 46.2 Å². The first-order valence-electron chi connectivity index (χ1n) is 5.85. The number of anilines is 1. The first kappa shape index (κ1) is 17.5. The summed E-state index contributed by atoms with van der Waals surface area (Å²) in [4.78, 5) is -1.03. The zero-order valence-corrected chi connectivity index (χ0v) is 12.5. The molecule has 23 heavy (non-hydrogen) atoms. The Morgan fingerprint density at radius 3 is 2.26 bits per heavy atom. The van der Waals surface area contributed by atoms with E-state index >= 15 is 0 Å². The molecule has 0 aromatic heterocycles. The van der Waals surface area contributed by atoms with Gasteiger partial charge in [-0.1, -0.05) is 11.6 Å². The molecule has 10 heteroatoms. The van der Waals surface area contributed by atoms with Crippen LogP contribution < -0.4 is 4.72 Å². The largest absolute Gasteiger partial charge is 0.417 e. The van der Waals surface area contributed by atoms with E-state index in [1.165, 1.54) is 0 Å². The summed E-state index contributed by atoms with van der Waals surface area (Å²) in [7, 11) is -4.62. The van der Waals surface area contributed by atoms with Crippen LogP contribution in [0.15, 0.2) is 41.3 Å². The smallest absolute Gasteiger partial charge is 0.280 e. The van der Waals surface area contributed by atoms with Crippen LogP contribution in [0.4, 0.5) is 27.6 Å². The molecule has 2 aromatic carbocycles. The van der Waals surface area contributed by atoms with Crippen molar-refractivity contribution in [3.63, 3.8) is 0 Å². The first-order chi connectivity index (χ1) is 10.5. The summed E-state index contributed by atoms with van der Waals surface area (Å²) >= 11 is 5.41. The second-order valence-corrected chi connectivity index (χ2v) is 6.43. The van der Waals surface area contributed by atoms with Gasteiger partial charge in [0.2, 0.25) is 0 Å². The minimum Gasteiger partial charge on any atom is -0.280 e. The number of halogens is 6. The van der Waals surface area contributed by atoms with Crippen LogP contribution in [-0.2, 0) is 16.2 Å². The van der Waals surface area contributed by atoms with Crippen LogP contribution >= 0.6 is 11.6 Å². The fourth-order valence-electron chi connectivity index (χ4n) is 1.70. The van der Waals surface area contributed by atoms with Crippen molar-refractivity contribution in [2.24, 2.45) is 0 Å². The molecule has 0 unspecified atom stereocenters. The van der Waals surface area contributed by atoms with Crippen LogP contribution in [-0.4, -0.2) is 8.42 Å². The van der Waals surface area contributed by atoms with E-state index in [9.17, 15) is 30.4 Å². The molecule has 0 aliphatic carbocycles. The van der Waals surface area contributed by atoms with Crippen LogP contribution in [0, 0.1) is 11.6 Å². The Morgan fingerprint density at radius 1 is 1.00 bits per heavy atom. The summed E-state index contributed by atoms with van der Waals surface area (Å²) in [5, 5.41) is -0.627. The van der Waals surface area contributed by atoms with E-state index < -0.39 is 49.0 Å². The molecule has 0 saturated carbocycles. The van der Waals surface area contributed by atoms with Gasteiger partial charge in [-0.25, -0.2) is 17.2 Å². The maximum absolute atomic E-state index is 13.5. The molecule has 0 fully saturated rings. The molecular formula is C13H7ClF5NO2S. The Hall–Kier alpha value is -1.87. The van der Waals surface area contributed by atoms with Crippen LogP contribution in [0.25, 0.3) is 0 Å². The number of nitrogens with one attached hydrogen (secondary N) is 1. The molecule has 0 radical (unpaired) electrons. The molecule has 0 amide bonds. The number of sulfonamides is 1. The number of alkyl halides is 3. The molecule has 0 atom stereocenters. The van der Waals surface area contributed by atoms with Crippen molar-refractivity contribution < 1.29 is 30.4 Å². The van der Waals surface area contributed by atoms with Crippen LogP contribution in [0.3, 0.4) is 0 Å². The highest BCUT2D eigenvalue weighted by Crippen LogP contribution is 2.36. The van der Waals surface area contributed by atoms with Crippen LogP contribution in [0.1, 0.15) is 5.56 Å². The lowest BCUT2D eigenvalue weighted by atomic mass is 10.2. The van der Waals surface area contributed by atoms with Gasteiger partial charge in [-0.2, -0.15) is 13.2 Å². The molecule has 0 bridgehead atoms. The monoisotopic (exact) mass is 371 g/mol. The lowest BCUT2D eigenvalue weighted by Gasteiger charge is -2.13. The second-order valence-electron chi connectivity index (χ2n) is 4.37. The lowest BCUT2D eigenvalue weighted by Crippen LogP contribution is -2.16. The average molecular weight is 372 g/mol. The second kappa shape index (κ2) is 5.97. The van der Waals surface area contributed by atoms with E-state index in [0.717, 1.165) is 12.1 Å². The minimum absolute atomic E-state index is 0.415. The lowest BCUT2D eigenvalue weighted by molar-refractivity contribution is -0.137. The third-order valence-electron chi connectivity index (χ3n) is 2.71. The van der Waals surface area contributed by atoms with Gasteiger partial charge in [0.25, 0.3) is 10.0 Å². The Kier molecular flexibility index (Phi) is 4.54. The first-order valence-corrected chi connectivity index (χ1v) is 7.71. The molecule has 0 aliphatic heterocycles. The van der Waals surface area contributed by atoms with Gasteiger partial charge in [-0.05, 0) is 36.4 Å². The Labute approximate surface area is 132 Å². The molecule has 124 valence electrons. The molecule has 0 saturated heterocycles. The van der Waals surface area contributed by atoms with Gasteiger partial charge in [-0.3, -0.25) is 4.72 Å². The summed E-state index contributed by atoms with van der Waals surface area (Å²) in [5.74, 6) is -2.26. The van der Waals surface area contributed by atoms with Crippen molar-refractivity contribution in [3.05, 3.63) is 58.6 Å². The number of rotatable bonds is 3. The van der Waals surface area contributed by atoms with Gasteiger partial charge in [-0.15, -0.1) is 0 Å². The van der Waals surface area contributed by atoms with Crippen LogP contribution in [0.5, 0.6) is 0 Å². The Balaban J connectivity index is 2.44. The highest BCUT2D eigenvalue weighted by Gasteiger charge is 2.33. The quantitative estimate of drug-likeness (QED) is 0.811. The number of benzene rings is 2. The van der Waals surface area contributed by atoms with Gasteiger partial charge in [0.15, 0.2) is 0 Å². The molecule has 2 rings (SSSR count). The summed E-state index contributed by atoms with van der Waals surface area (Å²) in [6, 6.07) is 3.97. The predicted molar refractivity (Wildman–Crippen MR) is 73.6 cm³/mol. The van der Waals surface area contributed by atoms with Crippen molar-refractivity contribution in [3.8, 4) is 0 Å². The van der Waals surface area contributed by atoms with Crippen molar-refractivity contribution in [1.82, 2.24) is 0 Å². The average Bonchev–Trinajstić information content (AvgIpc) is 2.42. The van der Waals surface area contributed by atoms with E-state index in [2.05, 4.69) is 0 Å². The van der Waals surface area contributed by atoms with Crippen molar-refractivity contribution in [2.75, 3.05) is 4.72 Å². The van der Waals surface area contributed by atoms with E-state index in [1.54, 1.807) is 4.72 Å². The molecule has 0 spiro atoms. The fraction of sp³-hybridized carbons (Fsp3) is 0.0769. The molecule has 2 aromatic rings. The van der Waals surface area contributed by atoms with Gasteiger partial charge < -0.3 is 0 Å². The Morgan fingerprint density at radius 2 is 1.65 bits per heavy atom. The predicted octanol–water partition coefficient (Wildman–Crippen LogP) is 4.44. The molecule has 0 aliphatic rings. The van der Waals surface area contributed by atoms with Gasteiger partial charge in [0.1, 0.15) is 16.5 Å². The summed E-state index contributed by atoms with van der Waals surface area (Å²) in [5.41, 5.74) is -1.76.